The van der Waals surface area contributed by atoms with E-state index >= 15 is 0 Å². The summed E-state index contributed by atoms with van der Waals surface area (Å²) in [6.45, 7) is 1.87. The lowest BCUT2D eigenvalue weighted by molar-refractivity contribution is 0.102. The van der Waals surface area contributed by atoms with Crippen molar-refractivity contribution in [2.75, 3.05) is 11.1 Å². The Balaban J connectivity index is 2.22. The molecule has 0 bridgehead atoms. The second-order valence-corrected chi connectivity index (χ2v) is 4.29. The maximum absolute atomic E-state index is 12.0. The Hall–Kier alpha value is -2.07. The summed E-state index contributed by atoms with van der Waals surface area (Å²) >= 11 is 5.88. The monoisotopic (exact) mass is 261 g/mol. The van der Waals surface area contributed by atoms with Gasteiger partial charge in [0.2, 0.25) is 0 Å². The predicted octanol–water partition coefficient (Wildman–Crippen LogP) is 2.88. The molecule has 1 aromatic carbocycles. The van der Waals surface area contributed by atoms with Crippen LogP contribution < -0.4 is 11.1 Å². The van der Waals surface area contributed by atoms with E-state index in [9.17, 15) is 4.79 Å². The van der Waals surface area contributed by atoms with Crippen molar-refractivity contribution < 1.29 is 4.79 Å². The number of nitrogens with two attached hydrogens (primary N) is 1. The number of hydrogen-bond donors (Lipinski definition) is 2. The van der Waals surface area contributed by atoms with Crippen LogP contribution in [0.5, 0.6) is 0 Å². The third-order valence-electron chi connectivity index (χ3n) is 2.53. The zero-order valence-electron chi connectivity index (χ0n) is 9.77. The van der Waals surface area contributed by atoms with E-state index < -0.39 is 0 Å². The molecule has 0 aliphatic rings. The zero-order valence-corrected chi connectivity index (χ0v) is 10.5. The molecule has 5 heteroatoms. The van der Waals surface area contributed by atoms with E-state index in [1.54, 1.807) is 36.7 Å². The molecule has 1 amide bonds. The van der Waals surface area contributed by atoms with Crippen molar-refractivity contribution in [3.05, 3.63) is 52.8 Å². The quantitative estimate of drug-likeness (QED) is 0.817. The molecule has 0 aliphatic carbocycles. The van der Waals surface area contributed by atoms with Crippen LogP contribution in [0.15, 0.2) is 36.7 Å². The number of hydrogen-bond acceptors (Lipinski definition) is 3. The predicted molar refractivity (Wildman–Crippen MR) is 72.8 cm³/mol. The Bertz CT molecular complexity index is 599. The zero-order chi connectivity index (χ0) is 13.1. The van der Waals surface area contributed by atoms with Crippen molar-refractivity contribution in [1.29, 1.82) is 0 Å². The van der Waals surface area contributed by atoms with Crippen LogP contribution in [0.25, 0.3) is 0 Å². The fourth-order valence-corrected chi connectivity index (χ4v) is 1.66. The molecule has 0 atom stereocenters. The van der Waals surface area contributed by atoms with Gasteiger partial charge in [0, 0.05) is 23.6 Å². The van der Waals surface area contributed by atoms with Crippen LogP contribution in [0, 0.1) is 6.92 Å². The number of aromatic nitrogens is 1. The molecule has 0 fully saturated rings. The summed E-state index contributed by atoms with van der Waals surface area (Å²) in [6.07, 6.45) is 3.31. The Morgan fingerprint density at radius 3 is 2.83 bits per heavy atom. The summed E-state index contributed by atoms with van der Waals surface area (Å²) in [5, 5.41) is 3.16. The highest BCUT2D eigenvalue weighted by molar-refractivity contribution is 6.33. The summed E-state index contributed by atoms with van der Waals surface area (Å²) in [6, 6.07) is 6.53. The van der Waals surface area contributed by atoms with E-state index in [1.807, 2.05) is 6.92 Å². The summed E-state index contributed by atoms with van der Waals surface area (Å²) in [5.74, 6) is -0.230. The number of aryl methyl sites for hydroxylation is 1. The largest absolute Gasteiger partial charge is 0.398 e. The number of benzene rings is 1. The van der Waals surface area contributed by atoms with Gasteiger partial charge in [-0.25, -0.2) is 0 Å². The number of anilines is 2. The second kappa shape index (κ2) is 5.06. The molecule has 1 aromatic heterocycles. The molecule has 4 nitrogen and oxygen atoms in total. The fourth-order valence-electron chi connectivity index (χ4n) is 1.48. The van der Waals surface area contributed by atoms with Crippen LogP contribution in [0.1, 0.15) is 15.9 Å². The molecule has 0 unspecified atom stereocenters. The third-order valence-corrected chi connectivity index (χ3v) is 2.86. The highest BCUT2D eigenvalue weighted by Gasteiger charge is 2.09. The molecule has 0 radical (unpaired) electrons. The van der Waals surface area contributed by atoms with Gasteiger partial charge >= 0.3 is 0 Å². The lowest BCUT2D eigenvalue weighted by atomic mass is 10.2. The van der Waals surface area contributed by atoms with Gasteiger partial charge in [-0.2, -0.15) is 0 Å². The van der Waals surface area contributed by atoms with Gasteiger partial charge < -0.3 is 11.1 Å². The van der Waals surface area contributed by atoms with Crippen LogP contribution in [-0.2, 0) is 0 Å². The molecule has 1 heterocycles. The van der Waals surface area contributed by atoms with Gasteiger partial charge in [-0.15, -0.1) is 0 Å². The molecule has 0 aliphatic heterocycles. The molecule has 3 N–H and O–H groups in total. The highest BCUT2D eigenvalue weighted by Crippen LogP contribution is 2.21. The Labute approximate surface area is 110 Å². The number of carbonyl (C=O) groups is 1. The van der Waals surface area contributed by atoms with Gasteiger partial charge in [-0.05, 0) is 36.8 Å². The average molecular weight is 262 g/mol. The van der Waals surface area contributed by atoms with E-state index in [-0.39, 0.29) is 5.91 Å². The summed E-state index contributed by atoms with van der Waals surface area (Å²) in [7, 11) is 0. The number of nitrogen functional groups attached to an aromatic ring is 1. The van der Waals surface area contributed by atoms with E-state index in [0.29, 0.717) is 16.3 Å². The molecule has 0 saturated carbocycles. The maximum atomic E-state index is 12.0. The first-order valence-electron chi connectivity index (χ1n) is 5.35. The summed E-state index contributed by atoms with van der Waals surface area (Å²) in [5.41, 5.74) is 8.13. The summed E-state index contributed by atoms with van der Waals surface area (Å²) < 4.78 is 0. The Morgan fingerprint density at radius 1 is 1.39 bits per heavy atom. The van der Waals surface area contributed by atoms with Gasteiger partial charge in [0.1, 0.15) is 0 Å². The van der Waals surface area contributed by atoms with E-state index in [1.165, 1.54) is 0 Å². The number of amides is 1. The minimum Gasteiger partial charge on any atom is -0.398 e. The number of carbonyl (C=O) groups excluding carboxylic acids is 1. The lowest BCUT2D eigenvalue weighted by Crippen LogP contribution is -2.13. The molecular weight excluding hydrogens is 250 g/mol. The number of pyridine rings is 1. The third kappa shape index (κ3) is 2.60. The van der Waals surface area contributed by atoms with Crippen LogP contribution in [0.4, 0.5) is 11.4 Å². The second-order valence-electron chi connectivity index (χ2n) is 3.88. The van der Waals surface area contributed by atoms with Crippen LogP contribution in [-0.4, -0.2) is 10.9 Å². The first-order chi connectivity index (χ1) is 8.58. The van der Waals surface area contributed by atoms with Crippen molar-refractivity contribution in [2.45, 2.75) is 6.92 Å². The van der Waals surface area contributed by atoms with Crippen LogP contribution in [0.3, 0.4) is 0 Å². The molecule has 92 valence electrons. The van der Waals surface area contributed by atoms with Gasteiger partial charge in [0.15, 0.2) is 0 Å². The van der Waals surface area contributed by atoms with Crippen LogP contribution in [0.2, 0.25) is 5.02 Å². The Kier molecular flexibility index (Phi) is 3.48. The first kappa shape index (κ1) is 12.4. The standard InChI is InChI=1S/C13H12ClN3O/c1-8-7-16-5-4-12(8)17-13(18)9-2-3-11(15)10(14)6-9/h2-7H,15H2,1H3,(H,16,17,18). The number of nitrogens with one attached hydrogen (secondary N) is 1. The molecule has 2 aromatic rings. The van der Waals surface area contributed by atoms with E-state index in [4.69, 9.17) is 17.3 Å². The van der Waals surface area contributed by atoms with Crippen LogP contribution >= 0.6 is 11.6 Å². The minimum atomic E-state index is -0.230. The molecule has 0 spiro atoms. The molecular formula is C13H12ClN3O. The SMILES string of the molecule is Cc1cnccc1NC(=O)c1ccc(N)c(Cl)c1. The van der Waals surface area contributed by atoms with E-state index in [2.05, 4.69) is 10.3 Å². The number of halogens is 1. The highest BCUT2D eigenvalue weighted by atomic mass is 35.5. The van der Waals surface area contributed by atoms with Crippen molar-refractivity contribution >= 4 is 28.9 Å². The van der Waals surface area contributed by atoms with Gasteiger partial charge in [-0.1, -0.05) is 11.6 Å². The van der Waals surface area contributed by atoms with Gasteiger partial charge in [-0.3, -0.25) is 9.78 Å². The topological polar surface area (TPSA) is 68.0 Å². The first-order valence-corrected chi connectivity index (χ1v) is 5.72. The number of rotatable bonds is 2. The fraction of sp³-hybridized carbons (Fsp3) is 0.0769. The van der Waals surface area contributed by atoms with Crippen molar-refractivity contribution in [3.63, 3.8) is 0 Å². The molecule has 2 rings (SSSR count). The van der Waals surface area contributed by atoms with E-state index in [0.717, 1.165) is 11.3 Å². The molecule has 0 saturated heterocycles. The lowest BCUT2D eigenvalue weighted by Gasteiger charge is -2.08. The van der Waals surface area contributed by atoms with Gasteiger partial charge in [0.05, 0.1) is 10.7 Å². The normalized spacial score (nSPS) is 10.1. The molecule has 18 heavy (non-hydrogen) atoms. The van der Waals surface area contributed by atoms with Gasteiger partial charge in [0.25, 0.3) is 5.91 Å². The van der Waals surface area contributed by atoms with Crippen molar-refractivity contribution in [1.82, 2.24) is 4.98 Å². The average Bonchev–Trinajstić information content (AvgIpc) is 2.35. The maximum Gasteiger partial charge on any atom is 0.255 e. The number of nitrogens with zero attached hydrogens (tertiary/aromatic N) is 1. The minimum absolute atomic E-state index is 0.230. The summed E-state index contributed by atoms with van der Waals surface area (Å²) in [4.78, 5) is 16.0. The Morgan fingerprint density at radius 2 is 2.17 bits per heavy atom. The van der Waals surface area contributed by atoms with Crippen molar-refractivity contribution in [3.8, 4) is 0 Å². The smallest absolute Gasteiger partial charge is 0.255 e. The van der Waals surface area contributed by atoms with Crippen molar-refractivity contribution in [2.24, 2.45) is 0 Å².